The van der Waals surface area contributed by atoms with Gasteiger partial charge in [0.05, 0.1) is 21.4 Å². The van der Waals surface area contributed by atoms with Crippen molar-refractivity contribution in [3.63, 3.8) is 0 Å². The number of thiophene rings is 1. The molecule has 5 rings (SSSR count). The van der Waals surface area contributed by atoms with E-state index in [2.05, 4.69) is 57.9 Å². The Labute approximate surface area is 159 Å². The molecule has 0 spiro atoms. The van der Waals surface area contributed by atoms with Crippen LogP contribution in [0.1, 0.15) is 18.2 Å². The Balaban J connectivity index is 1.54. The van der Waals surface area contributed by atoms with Crippen LogP contribution in [0.5, 0.6) is 0 Å². The molecule has 0 unspecified atom stereocenters. The van der Waals surface area contributed by atoms with Crippen molar-refractivity contribution >= 4 is 60.1 Å². The van der Waals surface area contributed by atoms with E-state index in [0.717, 1.165) is 34.7 Å². The summed E-state index contributed by atoms with van der Waals surface area (Å²) in [6.45, 7) is 3.28. The number of hydrogen-bond donors (Lipinski definition) is 2. The second-order valence-corrected chi connectivity index (χ2v) is 8.39. The maximum absolute atomic E-state index is 4.59. The largest absolute Gasteiger partial charge is 0.355 e. The molecule has 3 aromatic heterocycles. The molecule has 4 heterocycles. The van der Waals surface area contributed by atoms with Gasteiger partial charge in [-0.15, -0.1) is 22.7 Å². The summed E-state index contributed by atoms with van der Waals surface area (Å²) in [5.41, 5.74) is 6.44. The number of hydrogen-bond acceptors (Lipinski definition) is 6. The highest BCUT2D eigenvalue weighted by atomic mass is 32.1. The lowest BCUT2D eigenvalue weighted by atomic mass is 10.0. The number of nitrogens with zero attached hydrogens (tertiary/aromatic N) is 2. The summed E-state index contributed by atoms with van der Waals surface area (Å²) in [4.78, 5) is 11.4. The molecule has 4 aromatic rings. The zero-order valence-corrected chi connectivity index (χ0v) is 16.0. The predicted molar refractivity (Wildman–Crippen MR) is 113 cm³/mol. The molecule has 0 aliphatic carbocycles. The first-order valence-electron chi connectivity index (χ1n) is 8.70. The number of anilines is 2. The van der Waals surface area contributed by atoms with Crippen molar-refractivity contribution in [2.24, 2.45) is 0 Å². The van der Waals surface area contributed by atoms with Crippen molar-refractivity contribution < 1.29 is 0 Å². The van der Waals surface area contributed by atoms with Crippen molar-refractivity contribution in [3.8, 4) is 0 Å². The zero-order chi connectivity index (χ0) is 17.5. The molecule has 0 bridgehead atoms. The van der Waals surface area contributed by atoms with Crippen LogP contribution in [0.15, 0.2) is 48.1 Å². The fraction of sp³-hybridized carbons (Fsp3) is 0.200. The summed E-state index contributed by atoms with van der Waals surface area (Å²) < 4.78 is 1.21. The first kappa shape index (κ1) is 15.9. The molecule has 6 heteroatoms. The molecule has 130 valence electrons. The zero-order valence-electron chi connectivity index (χ0n) is 14.3. The van der Waals surface area contributed by atoms with Gasteiger partial charge in [-0.2, -0.15) is 0 Å². The molecule has 1 aromatic carbocycles. The van der Waals surface area contributed by atoms with E-state index in [1.54, 1.807) is 22.7 Å². The minimum absolute atomic E-state index is 0.389. The molecule has 0 radical (unpaired) electrons. The summed E-state index contributed by atoms with van der Waals surface area (Å²) in [5, 5.41) is 8.26. The fourth-order valence-electron chi connectivity index (χ4n) is 3.41. The number of pyridine rings is 1. The first-order valence-corrected chi connectivity index (χ1v) is 10.4. The molecule has 26 heavy (non-hydrogen) atoms. The van der Waals surface area contributed by atoms with Crippen LogP contribution in [0.25, 0.3) is 26.0 Å². The van der Waals surface area contributed by atoms with Crippen LogP contribution in [0.3, 0.4) is 0 Å². The molecular weight excluding hydrogens is 360 g/mol. The van der Waals surface area contributed by atoms with Gasteiger partial charge in [0.15, 0.2) is 0 Å². The van der Waals surface area contributed by atoms with Crippen LogP contribution in [0.2, 0.25) is 0 Å². The lowest BCUT2D eigenvalue weighted by Crippen LogP contribution is -2.30. The molecule has 2 N–H and O–H groups in total. The Morgan fingerprint density at radius 1 is 1.19 bits per heavy atom. The van der Waals surface area contributed by atoms with E-state index in [1.165, 1.54) is 20.5 Å². The van der Waals surface area contributed by atoms with Crippen molar-refractivity contribution in [1.29, 1.82) is 0 Å². The lowest BCUT2D eigenvalue weighted by Gasteiger charge is -2.21. The van der Waals surface area contributed by atoms with Crippen LogP contribution < -0.4 is 10.6 Å². The van der Waals surface area contributed by atoms with E-state index in [4.69, 9.17) is 0 Å². The van der Waals surface area contributed by atoms with E-state index in [1.807, 2.05) is 17.8 Å². The maximum Gasteiger partial charge on any atom is 0.125 e. The Morgan fingerprint density at radius 2 is 2.15 bits per heavy atom. The van der Waals surface area contributed by atoms with Gasteiger partial charge in [-0.05, 0) is 55.8 Å². The monoisotopic (exact) mass is 378 g/mol. The van der Waals surface area contributed by atoms with Gasteiger partial charge in [0.2, 0.25) is 0 Å². The number of rotatable bonds is 3. The third-order valence-electron chi connectivity index (χ3n) is 4.76. The summed E-state index contributed by atoms with van der Waals surface area (Å²) in [7, 11) is 0. The number of benzene rings is 1. The Morgan fingerprint density at radius 3 is 3.08 bits per heavy atom. The number of aromatic nitrogens is 2. The predicted octanol–water partition coefficient (Wildman–Crippen LogP) is 5.41. The highest BCUT2D eigenvalue weighted by Crippen LogP contribution is 2.36. The summed E-state index contributed by atoms with van der Waals surface area (Å²) in [6.07, 6.45) is 5.32. The van der Waals surface area contributed by atoms with Gasteiger partial charge in [0, 0.05) is 28.2 Å². The highest BCUT2D eigenvalue weighted by molar-refractivity contribution is 7.19. The third-order valence-corrected chi connectivity index (χ3v) is 6.66. The average molecular weight is 379 g/mol. The average Bonchev–Trinajstić information content (AvgIpc) is 3.28. The van der Waals surface area contributed by atoms with Gasteiger partial charge in [-0.3, -0.25) is 0 Å². The Hall–Kier alpha value is -2.28. The SMILES string of the molecule is C[C@@H]1NCCC=C1c1cc2c(Nc3ccc4scnc4c3)ccnc2s1. The van der Waals surface area contributed by atoms with Crippen LogP contribution in [-0.2, 0) is 0 Å². The second kappa shape index (κ2) is 6.46. The van der Waals surface area contributed by atoms with E-state index in [0.29, 0.717) is 6.04 Å². The van der Waals surface area contributed by atoms with Crippen LogP contribution in [0, 0.1) is 0 Å². The fourth-order valence-corrected chi connectivity index (χ4v) is 5.22. The van der Waals surface area contributed by atoms with Crippen molar-refractivity contribution in [2.45, 2.75) is 19.4 Å². The minimum atomic E-state index is 0.389. The van der Waals surface area contributed by atoms with Crippen LogP contribution >= 0.6 is 22.7 Å². The van der Waals surface area contributed by atoms with Gasteiger partial charge in [-0.1, -0.05) is 6.08 Å². The van der Waals surface area contributed by atoms with Crippen molar-refractivity contribution in [3.05, 3.63) is 53.0 Å². The smallest absolute Gasteiger partial charge is 0.125 e. The quantitative estimate of drug-likeness (QED) is 0.500. The van der Waals surface area contributed by atoms with Gasteiger partial charge < -0.3 is 10.6 Å². The van der Waals surface area contributed by atoms with Crippen molar-refractivity contribution in [2.75, 3.05) is 11.9 Å². The molecule has 1 atom stereocenters. The molecule has 1 aliphatic heterocycles. The minimum Gasteiger partial charge on any atom is -0.355 e. The molecule has 0 saturated heterocycles. The van der Waals surface area contributed by atoms with Crippen molar-refractivity contribution in [1.82, 2.24) is 15.3 Å². The molecule has 0 saturated carbocycles. The molecule has 0 fully saturated rings. The summed E-state index contributed by atoms with van der Waals surface area (Å²) >= 11 is 3.43. The van der Waals surface area contributed by atoms with E-state index >= 15 is 0 Å². The third kappa shape index (κ3) is 2.80. The van der Waals surface area contributed by atoms with E-state index < -0.39 is 0 Å². The normalized spacial score (nSPS) is 17.6. The van der Waals surface area contributed by atoms with Crippen LogP contribution in [-0.4, -0.2) is 22.6 Å². The maximum atomic E-state index is 4.59. The number of nitrogens with one attached hydrogen (secondary N) is 2. The highest BCUT2D eigenvalue weighted by Gasteiger charge is 2.17. The standard InChI is InChI=1S/C20H18N4S2/c1-12-14(3-2-7-21-12)19-10-15-16(6-8-22-20(15)26-19)24-13-4-5-18-17(9-13)23-11-25-18/h3-6,8-12,21H,2,7H2,1H3,(H,22,24)/t12-/m0/s1. The van der Waals surface area contributed by atoms with Gasteiger partial charge >= 0.3 is 0 Å². The lowest BCUT2D eigenvalue weighted by molar-refractivity contribution is 0.628. The van der Waals surface area contributed by atoms with E-state index in [9.17, 15) is 0 Å². The summed E-state index contributed by atoms with van der Waals surface area (Å²) in [5.74, 6) is 0. The molecular formula is C20H18N4S2. The van der Waals surface area contributed by atoms with Gasteiger partial charge in [0.25, 0.3) is 0 Å². The molecule has 1 aliphatic rings. The van der Waals surface area contributed by atoms with Crippen LogP contribution in [0.4, 0.5) is 11.4 Å². The topological polar surface area (TPSA) is 49.8 Å². The van der Waals surface area contributed by atoms with Gasteiger partial charge in [0.1, 0.15) is 4.83 Å². The summed E-state index contributed by atoms with van der Waals surface area (Å²) in [6, 6.07) is 11.0. The first-order chi connectivity index (χ1) is 12.8. The second-order valence-electron chi connectivity index (χ2n) is 6.47. The Kier molecular flexibility index (Phi) is 3.96. The number of fused-ring (bicyclic) bond motifs is 2. The molecule has 0 amide bonds. The number of thiazole rings is 1. The Bertz CT molecular complexity index is 1130. The molecule has 4 nitrogen and oxygen atoms in total. The van der Waals surface area contributed by atoms with E-state index in [-0.39, 0.29) is 0 Å². The van der Waals surface area contributed by atoms with Gasteiger partial charge in [-0.25, -0.2) is 9.97 Å².